The summed E-state index contributed by atoms with van der Waals surface area (Å²) < 4.78 is 6.76. The highest BCUT2D eigenvalue weighted by Gasteiger charge is 2.18. The number of carbonyl (C=O) groups is 1. The molecule has 5 nitrogen and oxygen atoms in total. The highest BCUT2D eigenvalue weighted by atomic mass is 35.5. The molecule has 100 valence electrons. The third kappa shape index (κ3) is 2.88. The van der Waals surface area contributed by atoms with Crippen molar-refractivity contribution in [1.82, 2.24) is 9.78 Å². The summed E-state index contributed by atoms with van der Waals surface area (Å²) in [5.74, 6) is 0.114. The first kappa shape index (κ1) is 13.4. The van der Waals surface area contributed by atoms with Crippen molar-refractivity contribution in [1.29, 1.82) is 0 Å². The standard InChI is InChI=1S/C13H14ClN3O2/c1-8(2)17-12(15)11(7-16-17)13(18)19-10-5-3-4-9(14)6-10/h3-8H,15H2,1-2H3. The maximum absolute atomic E-state index is 12.0. The number of rotatable bonds is 3. The lowest BCUT2D eigenvalue weighted by atomic mass is 10.3. The lowest BCUT2D eigenvalue weighted by Crippen LogP contribution is -2.13. The largest absolute Gasteiger partial charge is 0.423 e. The smallest absolute Gasteiger partial charge is 0.348 e. The number of halogens is 1. The Morgan fingerprint density at radius 1 is 1.47 bits per heavy atom. The second-order valence-electron chi connectivity index (χ2n) is 4.33. The Morgan fingerprint density at radius 2 is 2.21 bits per heavy atom. The van der Waals surface area contributed by atoms with Gasteiger partial charge in [0.15, 0.2) is 0 Å². The fourth-order valence-electron chi connectivity index (χ4n) is 1.63. The summed E-state index contributed by atoms with van der Waals surface area (Å²) >= 11 is 5.82. The van der Waals surface area contributed by atoms with E-state index in [0.717, 1.165) is 0 Å². The molecule has 0 aliphatic carbocycles. The maximum Gasteiger partial charge on any atom is 0.348 e. The van der Waals surface area contributed by atoms with E-state index < -0.39 is 5.97 Å². The van der Waals surface area contributed by atoms with Gasteiger partial charge in [-0.05, 0) is 32.0 Å². The first-order chi connectivity index (χ1) is 8.99. The number of hydrogen-bond donors (Lipinski definition) is 1. The van der Waals surface area contributed by atoms with E-state index >= 15 is 0 Å². The molecule has 2 N–H and O–H groups in total. The van der Waals surface area contributed by atoms with Gasteiger partial charge in [-0.15, -0.1) is 0 Å². The minimum Gasteiger partial charge on any atom is -0.423 e. The van der Waals surface area contributed by atoms with Gasteiger partial charge >= 0.3 is 5.97 Å². The Labute approximate surface area is 115 Å². The van der Waals surface area contributed by atoms with Crippen LogP contribution in [-0.4, -0.2) is 15.7 Å². The Balaban J connectivity index is 2.21. The van der Waals surface area contributed by atoms with Gasteiger partial charge in [0.05, 0.1) is 6.20 Å². The topological polar surface area (TPSA) is 70.1 Å². The molecule has 0 atom stereocenters. The molecule has 0 aliphatic heterocycles. The molecule has 1 heterocycles. The van der Waals surface area contributed by atoms with Crippen LogP contribution in [0.3, 0.4) is 0 Å². The third-order valence-corrected chi connectivity index (χ3v) is 2.78. The van der Waals surface area contributed by atoms with Crippen molar-refractivity contribution in [3.63, 3.8) is 0 Å². The van der Waals surface area contributed by atoms with Gasteiger partial charge in [0.25, 0.3) is 0 Å². The molecule has 19 heavy (non-hydrogen) atoms. The molecular formula is C13H14ClN3O2. The summed E-state index contributed by atoms with van der Waals surface area (Å²) in [6.07, 6.45) is 1.40. The van der Waals surface area contributed by atoms with Crippen molar-refractivity contribution in [2.75, 3.05) is 5.73 Å². The summed E-state index contributed by atoms with van der Waals surface area (Å²) in [6.45, 7) is 3.85. The molecule has 0 spiro atoms. The quantitative estimate of drug-likeness (QED) is 0.693. The number of ether oxygens (including phenoxy) is 1. The summed E-state index contributed by atoms with van der Waals surface area (Å²) in [5, 5.41) is 4.56. The number of nitrogens with two attached hydrogens (primary N) is 1. The maximum atomic E-state index is 12.0. The molecule has 1 aromatic heterocycles. The summed E-state index contributed by atoms with van der Waals surface area (Å²) in [7, 11) is 0. The highest BCUT2D eigenvalue weighted by Crippen LogP contribution is 2.21. The van der Waals surface area contributed by atoms with E-state index in [1.807, 2.05) is 13.8 Å². The van der Waals surface area contributed by atoms with Gasteiger partial charge in [-0.2, -0.15) is 5.10 Å². The van der Waals surface area contributed by atoms with Gasteiger partial charge in [-0.25, -0.2) is 9.48 Å². The van der Waals surface area contributed by atoms with Crippen LogP contribution in [0.1, 0.15) is 30.2 Å². The Kier molecular flexibility index (Phi) is 3.76. The summed E-state index contributed by atoms with van der Waals surface area (Å²) in [6, 6.07) is 6.68. The van der Waals surface area contributed by atoms with Crippen LogP contribution >= 0.6 is 11.6 Å². The number of benzene rings is 1. The van der Waals surface area contributed by atoms with E-state index in [0.29, 0.717) is 16.6 Å². The average molecular weight is 280 g/mol. The van der Waals surface area contributed by atoms with Crippen LogP contribution in [0.5, 0.6) is 5.75 Å². The zero-order valence-corrected chi connectivity index (χ0v) is 11.4. The molecule has 0 bridgehead atoms. The van der Waals surface area contributed by atoms with Gasteiger partial charge < -0.3 is 10.5 Å². The number of esters is 1. The number of aromatic nitrogens is 2. The second kappa shape index (κ2) is 5.32. The van der Waals surface area contributed by atoms with Gasteiger partial charge in [-0.1, -0.05) is 17.7 Å². The lowest BCUT2D eigenvalue weighted by Gasteiger charge is -2.08. The zero-order chi connectivity index (χ0) is 14.0. The van der Waals surface area contributed by atoms with Crippen LogP contribution in [0.15, 0.2) is 30.5 Å². The van der Waals surface area contributed by atoms with Crippen LogP contribution in [0, 0.1) is 0 Å². The average Bonchev–Trinajstić information content (AvgIpc) is 2.71. The lowest BCUT2D eigenvalue weighted by molar-refractivity contribution is 0.0736. The molecule has 2 rings (SSSR count). The van der Waals surface area contributed by atoms with Crippen molar-refractivity contribution in [3.05, 3.63) is 41.0 Å². The van der Waals surface area contributed by atoms with Gasteiger partial charge in [0.1, 0.15) is 17.1 Å². The number of nitrogen functional groups attached to an aromatic ring is 1. The highest BCUT2D eigenvalue weighted by molar-refractivity contribution is 6.30. The Bertz CT molecular complexity index is 608. The fraction of sp³-hybridized carbons (Fsp3) is 0.231. The van der Waals surface area contributed by atoms with Gasteiger partial charge in [-0.3, -0.25) is 0 Å². The fourth-order valence-corrected chi connectivity index (χ4v) is 1.81. The van der Waals surface area contributed by atoms with Crippen molar-refractivity contribution in [2.24, 2.45) is 0 Å². The molecule has 6 heteroatoms. The van der Waals surface area contributed by atoms with E-state index in [1.54, 1.807) is 28.9 Å². The molecule has 1 aromatic carbocycles. The van der Waals surface area contributed by atoms with E-state index in [9.17, 15) is 4.79 Å². The zero-order valence-electron chi connectivity index (χ0n) is 10.6. The van der Waals surface area contributed by atoms with Crippen LogP contribution in [0.4, 0.5) is 5.82 Å². The minimum absolute atomic E-state index is 0.0766. The Hall–Kier alpha value is -2.01. The van der Waals surface area contributed by atoms with Crippen LogP contribution < -0.4 is 10.5 Å². The molecule has 0 amide bonds. The SMILES string of the molecule is CC(C)n1ncc(C(=O)Oc2cccc(Cl)c2)c1N. The second-order valence-corrected chi connectivity index (χ2v) is 4.77. The minimum atomic E-state index is -0.549. The number of nitrogens with zero attached hydrogens (tertiary/aromatic N) is 2. The first-order valence-electron chi connectivity index (χ1n) is 5.79. The van der Waals surface area contributed by atoms with Crippen molar-refractivity contribution in [2.45, 2.75) is 19.9 Å². The molecule has 2 aromatic rings. The molecule has 0 radical (unpaired) electrons. The van der Waals surface area contributed by atoms with Crippen LogP contribution in [0.25, 0.3) is 0 Å². The number of carbonyl (C=O) groups excluding carboxylic acids is 1. The van der Waals surface area contributed by atoms with Gasteiger partial charge in [0, 0.05) is 11.1 Å². The van der Waals surface area contributed by atoms with E-state index in [2.05, 4.69) is 5.10 Å². The van der Waals surface area contributed by atoms with Crippen LogP contribution in [-0.2, 0) is 0 Å². The molecule has 0 aliphatic rings. The van der Waals surface area contributed by atoms with Crippen LogP contribution in [0.2, 0.25) is 5.02 Å². The van der Waals surface area contributed by atoms with E-state index in [1.165, 1.54) is 6.20 Å². The summed E-state index contributed by atoms with van der Waals surface area (Å²) in [4.78, 5) is 12.0. The molecule has 0 saturated heterocycles. The number of hydrogen-bond acceptors (Lipinski definition) is 4. The molecule has 0 unspecified atom stereocenters. The third-order valence-electron chi connectivity index (χ3n) is 2.55. The summed E-state index contributed by atoms with van der Waals surface area (Å²) in [5.41, 5.74) is 6.11. The monoisotopic (exact) mass is 279 g/mol. The molecular weight excluding hydrogens is 266 g/mol. The van der Waals surface area contributed by atoms with Gasteiger partial charge in [0.2, 0.25) is 0 Å². The van der Waals surface area contributed by atoms with Crippen molar-refractivity contribution < 1.29 is 9.53 Å². The molecule has 0 fully saturated rings. The number of anilines is 1. The van der Waals surface area contributed by atoms with E-state index in [-0.39, 0.29) is 11.6 Å². The predicted octanol–water partition coefficient (Wildman–Crippen LogP) is 2.92. The molecule has 0 saturated carbocycles. The van der Waals surface area contributed by atoms with Crippen molar-refractivity contribution in [3.8, 4) is 5.75 Å². The normalized spacial score (nSPS) is 10.7. The predicted molar refractivity (Wildman–Crippen MR) is 73.4 cm³/mol. The van der Waals surface area contributed by atoms with E-state index in [4.69, 9.17) is 22.1 Å². The first-order valence-corrected chi connectivity index (χ1v) is 6.17. The Morgan fingerprint density at radius 3 is 2.79 bits per heavy atom. The van der Waals surface area contributed by atoms with Crippen molar-refractivity contribution >= 4 is 23.4 Å².